The maximum Gasteiger partial charge on any atom is 0.413 e. The van der Waals surface area contributed by atoms with Crippen molar-refractivity contribution in [3.63, 3.8) is 0 Å². The first-order valence-electron chi connectivity index (χ1n) is 11.4. The zero-order valence-corrected chi connectivity index (χ0v) is 20.2. The van der Waals surface area contributed by atoms with E-state index in [-0.39, 0.29) is 31.3 Å². The van der Waals surface area contributed by atoms with Crippen LogP contribution in [0.3, 0.4) is 0 Å². The third-order valence-corrected chi connectivity index (χ3v) is 6.97. The molecular formula is C26H27N3O5S. The van der Waals surface area contributed by atoms with Crippen molar-refractivity contribution in [2.75, 3.05) is 25.5 Å². The number of nitrogens with one attached hydrogen (secondary N) is 1. The first-order valence-corrected chi connectivity index (χ1v) is 12.3. The lowest BCUT2D eigenvalue weighted by Crippen LogP contribution is -2.28. The number of anilines is 1. The Morgan fingerprint density at radius 3 is 2.37 bits per heavy atom. The predicted octanol–water partition coefficient (Wildman–Crippen LogP) is 4.76. The van der Waals surface area contributed by atoms with E-state index >= 15 is 0 Å². The average Bonchev–Trinajstić information content (AvgIpc) is 3.43. The fourth-order valence-corrected chi connectivity index (χ4v) is 5.01. The number of aryl methyl sites for hydroxylation is 1. The normalized spacial score (nSPS) is 12.0. The second-order valence-electron chi connectivity index (χ2n) is 8.39. The molecule has 0 atom stereocenters. The van der Waals surface area contributed by atoms with Crippen molar-refractivity contribution in [3.8, 4) is 11.1 Å². The fraction of sp³-hybridized carbons (Fsp3) is 0.308. The van der Waals surface area contributed by atoms with E-state index in [0.717, 1.165) is 16.0 Å². The lowest BCUT2D eigenvalue weighted by atomic mass is 9.98. The highest BCUT2D eigenvalue weighted by Gasteiger charge is 2.29. The minimum atomic E-state index is -0.869. The molecular weight excluding hydrogens is 466 g/mol. The summed E-state index contributed by atoms with van der Waals surface area (Å²) in [6.07, 6.45) is 2.31. The van der Waals surface area contributed by atoms with Crippen LogP contribution in [0.1, 0.15) is 41.2 Å². The molecule has 1 aliphatic rings. The molecule has 0 bridgehead atoms. The molecule has 0 saturated heterocycles. The van der Waals surface area contributed by atoms with Gasteiger partial charge in [-0.3, -0.25) is 14.9 Å². The molecule has 2 aromatic carbocycles. The Labute approximate surface area is 207 Å². The minimum Gasteiger partial charge on any atom is -0.481 e. The van der Waals surface area contributed by atoms with Crippen molar-refractivity contribution in [2.45, 2.75) is 31.6 Å². The smallest absolute Gasteiger partial charge is 0.413 e. The minimum absolute atomic E-state index is 0.0153. The number of hydrogen-bond acceptors (Lipinski definition) is 6. The van der Waals surface area contributed by atoms with Gasteiger partial charge in [0.25, 0.3) is 0 Å². The van der Waals surface area contributed by atoms with Gasteiger partial charge in [0, 0.05) is 43.4 Å². The topological polar surface area (TPSA) is 109 Å². The molecule has 4 rings (SSSR count). The van der Waals surface area contributed by atoms with Crippen LogP contribution in [0, 0.1) is 0 Å². The van der Waals surface area contributed by atoms with E-state index in [4.69, 9.17) is 9.84 Å². The van der Waals surface area contributed by atoms with Gasteiger partial charge in [-0.25, -0.2) is 9.78 Å². The standard InChI is InChI=1S/C26H27N3O5S/c1-29(14-6-11-24(31)32)23(30)13-12-17-15-27-25(35-17)28-26(33)34-16-22-20-9-4-2-7-18(20)19-8-3-5-10-21(19)22/h2-5,7-10,15,22H,6,11-14,16H2,1H3,(H,31,32)(H,27,28,33). The number of amides is 2. The van der Waals surface area contributed by atoms with Crippen molar-refractivity contribution in [1.82, 2.24) is 9.88 Å². The molecule has 0 saturated carbocycles. The van der Waals surface area contributed by atoms with Crippen molar-refractivity contribution < 1.29 is 24.2 Å². The molecule has 0 fully saturated rings. The lowest BCUT2D eigenvalue weighted by molar-refractivity contribution is -0.138. The highest BCUT2D eigenvalue weighted by atomic mass is 32.1. The fourth-order valence-electron chi connectivity index (χ4n) is 4.22. The number of carboxylic acids is 1. The second-order valence-corrected chi connectivity index (χ2v) is 9.51. The molecule has 3 aromatic rings. The summed E-state index contributed by atoms with van der Waals surface area (Å²) >= 11 is 1.30. The molecule has 1 aliphatic carbocycles. The van der Waals surface area contributed by atoms with E-state index in [1.807, 2.05) is 24.3 Å². The number of fused-ring (bicyclic) bond motifs is 3. The van der Waals surface area contributed by atoms with Crippen LogP contribution in [0.15, 0.2) is 54.7 Å². The number of hydrogen-bond donors (Lipinski definition) is 2. The van der Waals surface area contributed by atoms with Gasteiger partial charge in [0.05, 0.1) is 0 Å². The number of carbonyl (C=O) groups excluding carboxylic acids is 2. The molecule has 0 spiro atoms. The second kappa shape index (κ2) is 11.1. The zero-order chi connectivity index (χ0) is 24.8. The van der Waals surface area contributed by atoms with Gasteiger partial charge in [0.1, 0.15) is 6.61 Å². The van der Waals surface area contributed by atoms with Gasteiger partial charge in [-0.15, -0.1) is 11.3 Å². The van der Waals surface area contributed by atoms with Crippen LogP contribution in [0.5, 0.6) is 0 Å². The molecule has 0 radical (unpaired) electrons. The number of thiazole rings is 1. The number of aromatic nitrogens is 1. The summed E-state index contributed by atoms with van der Waals surface area (Å²) < 4.78 is 5.55. The Morgan fingerprint density at radius 2 is 1.71 bits per heavy atom. The first-order chi connectivity index (χ1) is 16.9. The Morgan fingerprint density at radius 1 is 1.06 bits per heavy atom. The summed E-state index contributed by atoms with van der Waals surface area (Å²) in [4.78, 5) is 41.9. The molecule has 0 unspecified atom stereocenters. The Bertz CT molecular complexity index is 1180. The summed E-state index contributed by atoms with van der Waals surface area (Å²) in [6, 6.07) is 16.3. The van der Waals surface area contributed by atoms with E-state index in [9.17, 15) is 14.4 Å². The molecule has 0 aliphatic heterocycles. The number of carboxylic acid groups (broad SMARTS) is 1. The van der Waals surface area contributed by atoms with Gasteiger partial charge in [0.15, 0.2) is 5.13 Å². The Hall–Kier alpha value is -3.72. The van der Waals surface area contributed by atoms with E-state index in [1.54, 1.807) is 18.1 Å². The molecule has 9 heteroatoms. The highest BCUT2D eigenvalue weighted by Crippen LogP contribution is 2.44. The van der Waals surface area contributed by atoms with Crippen molar-refractivity contribution in [2.24, 2.45) is 0 Å². The third-order valence-electron chi connectivity index (χ3n) is 6.00. The molecule has 182 valence electrons. The monoisotopic (exact) mass is 493 g/mol. The Balaban J connectivity index is 1.25. The predicted molar refractivity (Wildman–Crippen MR) is 134 cm³/mol. The molecule has 1 heterocycles. The summed E-state index contributed by atoms with van der Waals surface area (Å²) in [5, 5.41) is 11.8. The Kier molecular flexibility index (Phi) is 7.77. The van der Waals surface area contributed by atoms with Crippen molar-refractivity contribution >= 4 is 34.4 Å². The summed E-state index contributed by atoms with van der Waals surface area (Å²) in [7, 11) is 1.67. The first kappa shape index (κ1) is 24.4. The van der Waals surface area contributed by atoms with Gasteiger partial charge in [-0.1, -0.05) is 48.5 Å². The van der Waals surface area contributed by atoms with Gasteiger partial charge in [-0.2, -0.15) is 0 Å². The van der Waals surface area contributed by atoms with Crippen LogP contribution in [-0.2, 0) is 20.7 Å². The molecule has 2 N–H and O–H groups in total. The van der Waals surface area contributed by atoms with Gasteiger partial charge >= 0.3 is 12.1 Å². The van der Waals surface area contributed by atoms with Gasteiger partial charge < -0.3 is 14.7 Å². The van der Waals surface area contributed by atoms with Crippen molar-refractivity contribution in [1.29, 1.82) is 0 Å². The van der Waals surface area contributed by atoms with Crippen LogP contribution in [-0.4, -0.2) is 53.2 Å². The summed E-state index contributed by atoms with van der Waals surface area (Å²) in [6.45, 7) is 0.628. The van der Waals surface area contributed by atoms with Crippen LogP contribution in [0.25, 0.3) is 11.1 Å². The lowest BCUT2D eigenvalue weighted by Gasteiger charge is -2.16. The van der Waals surface area contributed by atoms with E-state index in [0.29, 0.717) is 24.5 Å². The van der Waals surface area contributed by atoms with E-state index in [1.165, 1.54) is 22.5 Å². The summed E-state index contributed by atoms with van der Waals surface area (Å²) in [5.41, 5.74) is 4.64. The van der Waals surface area contributed by atoms with Crippen LogP contribution in [0.2, 0.25) is 0 Å². The molecule has 35 heavy (non-hydrogen) atoms. The number of nitrogens with zero attached hydrogens (tertiary/aromatic N) is 2. The van der Waals surface area contributed by atoms with Crippen LogP contribution in [0.4, 0.5) is 9.93 Å². The van der Waals surface area contributed by atoms with Gasteiger partial charge in [0.2, 0.25) is 5.91 Å². The number of benzene rings is 2. The largest absolute Gasteiger partial charge is 0.481 e. The van der Waals surface area contributed by atoms with E-state index < -0.39 is 12.1 Å². The number of ether oxygens (including phenoxy) is 1. The number of rotatable bonds is 10. The SMILES string of the molecule is CN(CCCC(=O)O)C(=O)CCc1cnc(NC(=O)OCC2c3ccccc3-c3ccccc32)s1. The van der Waals surface area contributed by atoms with Crippen LogP contribution < -0.4 is 5.32 Å². The highest BCUT2D eigenvalue weighted by molar-refractivity contribution is 7.15. The zero-order valence-electron chi connectivity index (χ0n) is 19.4. The maximum absolute atomic E-state index is 12.4. The maximum atomic E-state index is 12.4. The van der Waals surface area contributed by atoms with Crippen molar-refractivity contribution in [3.05, 3.63) is 70.7 Å². The molecule has 8 nitrogen and oxygen atoms in total. The number of aliphatic carboxylic acids is 1. The average molecular weight is 494 g/mol. The molecule has 2 amide bonds. The summed E-state index contributed by atoms with van der Waals surface area (Å²) in [5.74, 6) is -0.944. The number of carbonyl (C=O) groups is 3. The van der Waals surface area contributed by atoms with Gasteiger partial charge in [-0.05, 0) is 35.1 Å². The quantitative estimate of drug-likeness (QED) is 0.422. The van der Waals surface area contributed by atoms with E-state index in [2.05, 4.69) is 34.6 Å². The molecule has 1 aromatic heterocycles. The van der Waals surface area contributed by atoms with Crippen LogP contribution >= 0.6 is 11.3 Å². The third kappa shape index (κ3) is 6.05.